The van der Waals surface area contributed by atoms with Gasteiger partial charge in [0.2, 0.25) is 0 Å². The van der Waals surface area contributed by atoms with Crippen LogP contribution in [0.5, 0.6) is 0 Å². The second-order valence-corrected chi connectivity index (χ2v) is 11.2. The van der Waals surface area contributed by atoms with Crippen LogP contribution in [0.25, 0.3) is 0 Å². The van der Waals surface area contributed by atoms with Gasteiger partial charge in [0.15, 0.2) is 5.78 Å². The molecule has 0 aromatic rings. The summed E-state index contributed by atoms with van der Waals surface area (Å²) in [6.45, 7) is 3.22. The smallest absolute Gasteiger partial charge is 0.302 e. The Labute approximate surface area is 177 Å². The molecule has 30 heavy (non-hydrogen) atoms. The van der Waals surface area contributed by atoms with E-state index in [-0.39, 0.29) is 30.6 Å². The fourth-order valence-corrected chi connectivity index (χ4v) is 7.43. The van der Waals surface area contributed by atoms with Crippen LogP contribution in [0.4, 0.5) is 4.39 Å². The van der Waals surface area contributed by atoms with Crippen molar-refractivity contribution in [3.05, 3.63) is 23.8 Å². The van der Waals surface area contributed by atoms with E-state index >= 15 is 4.39 Å². The molecule has 0 bridgehead atoms. The van der Waals surface area contributed by atoms with Crippen LogP contribution in [0.1, 0.15) is 52.4 Å². The minimum atomic E-state index is -3.71. The van der Waals surface area contributed by atoms with Gasteiger partial charge in [-0.1, -0.05) is 11.6 Å². The summed E-state index contributed by atoms with van der Waals surface area (Å²) in [6, 6.07) is 0. The van der Waals surface area contributed by atoms with Crippen molar-refractivity contribution in [1.82, 2.24) is 0 Å². The molecular formula is C22H29FO6S. The van der Waals surface area contributed by atoms with E-state index in [1.807, 2.05) is 6.92 Å². The molecule has 0 aromatic carbocycles. The monoisotopic (exact) mass is 440 g/mol. The van der Waals surface area contributed by atoms with Gasteiger partial charge in [0.05, 0.1) is 19.0 Å². The Balaban J connectivity index is 1.73. The van der Waals surface area contributed by atoms with Crippen molar-refractivity contribution in [2.24, 2.45) is 22.7 Å². The quantitative estimate of drug-likeness (QED) is 0.493. The maximum Gasteiger partial charge on any atom is 0.302 e. The number of halogens is 1. The molecule has 1 unspecified atom stereocenters. The second-order valence-electron chi connectivity index (χ2n) is 9.60. The average molecular weight is 441 g/mol. The fraction of sp³-hybridized carbons (Fsp3) is 0.727. The minimum absolute atomic E-state index is 0.0352. The van der Waals surface area contributed by atoms with E-state index < -0.39 is 38.7 Å². The van der Waals surface area contributed by atoms with Crippen LogP contribution < -0.4 is 0 Å². The largest absolute Gasteiger partial charge is 0.465 e. The maximum atomic E-state index is 16.9. The molecule has 8 heteroatoms. The lowest BCUT2D eigenvalue weighted by Gasteiger charge is -2.60. The van der Waals surface area contributed by atoms with Crippen molar-refractivity contribution in [1.29, 1.82) is 0 Å². The Morgan fingerprint density at radius 2 is 1.97 bits per heavy atom. The number of ether oxygens (including phenoxy) is 1. The lowest BCUT2D eigenvalue weighted by atomic mass is 9.46. The summed E-state index contributed by atoms with van der Waals surface area (Å²) in [5, 5.41) is 0. The van der Waals surface area contributed by atoms with Crippen LogP contribution in [-0.4, -0.2) is 44.8 Å². The first-order chi connectivity index (χ1) is 13.9. The van der Waals surface area contributed by atoms with E-state index in [0.717, 1.165) is 11.8 Å². The number of carbonyl (C=O) groups excluding carboxylic acids is 2. The highest BCUT2D eigenvalue weighted by Gasteiger charge is 2.68. The van der Waals surface area contributed by atoms with Crippen molar-refractivity contribution in [3.63, 3.8) is 0 Å². The molecule has 0 aromatic heterocycles. The predicted octanol–water partition coefficient (Wildman–Crippen LogP) is 3.27. The molecule has 4 aliphatic rings. The molecule has 0 spiro atoms. The third-order valence-corrected chi connectivity index (χ3v) is 8.72. The van der Waals surface area contributed by atoms with Gasteiger partial charge < -0.3 is 4.74 Å². The van der Waals surface area contributed by atoms with Crippen molar-refractivity contribution in [2.45, 2.75) is 64.1 Å². The van der Waals surface area contributed by atoms with Crippen LogP contribution in [0.15, 0.2) is 23.8 Å². The van der Waals surface area contributed by atoms with Gasteiger partial charge >= 0.3 is 5.97 Å². The van der Waals surface area contributed by atoms with E-state index in [0.29, 0.717) is 32.1 Å². The summed E-state index contributed by atoms with van der Waals surface area (Å²) in [5.74, 6) is -1.03. The van der Waals surface area contributed by atoms with Crippen LogP contribution in [0.3, 0.4) is 0 Å². The van der Waals surface area contributed by atoms with Gasteiger partial charge in [0, 0.05) is 17.8 Å². The van der Waals surface area contributed by atoms with Crippen LogP contribution >= 0.6 is 0 Å². The SMILES string of the molecule is CC(=O)OC[C@]12CC[C@@]3(F)[C@@H](CCC4=CC(=O)C=C[C@@]43C)[C@@H]1CCC2OS(C)(=O)=O. The number of alkyl halides is 1. The van der Waals surface area contributed by atoms with Gasteiger partial charge in [-0.05, 0) is 69.4 Å². The molecule has 4 aliphatic carbocycles. The first-order valence-corrected chi connectivity index (χ1v) is 12.4. The first kappa shape index (κ1) is 21.7. The van der Waals surface area contributed by atoms with Gasteiger partial charge in [-0.15, -0.1) is 0 Å². The normalized spacial score (nSPS) is 42.7. The maximum absolute atomic E-state index is 16.9. The van der Waals surface area contributed by atoms with Gasteiger partial charge in [0.25, 0.3) is 10.1 Å². The number of hydrogen-bond acceptors (Lipinski definition) is 6. The highest BCUT2D eigenvalue weighted by atomic mass is 32.2. The third-order valence-electron chi connectivity index (χ3n) is 8.13. The molecule has 0 aliphatic heterocycles. The molecule has 4 rings (SSSR count). The van der Waals surface area contributed by atoms with Crippen molar-refractivity contribution < 1.29 is 31.3 Å². The zero-order valence-electron chi connectivity index (χ0n) is 17.6. The first-order valence-electron chi connectivity index (χ1n) is 10.6. The van der Waals surface area contributed by atoms with E-state index in [2.05, 4.69) is 0 Å². The summed E-state index contributed by atoms with van der Waals surface area (Å²) in [5.41, 5.74) is -2.28. The Hall–Kier alpha value is -1.54. The molecule has 6 atom stereocenters. The van der Waals surface area contributed by atoms with E-state index in [4.69, 9.17) is 8.92 Å². The summed E-state index contributed by atoms with van der Waals surface area (Å²) >= 11 is 0. The Morgan fingerprint density at radius 3 is 2.63 bits per heavy atom. The molecule has 0 radical (unpaired) electrons. The number of hydrogen-bond donors (Lipinski definition) is 0. The molecular weight excluding hydrogens is 411 g/mol. The minimum Gasteiger partial charge on any atom is -0.465 e. The standard InChI is InChI=1S/C22H29FO6S/c1-14(24)28-13-21-10-11-22(23)18(17(21)6-7-19(21)29-30(3,26)27)5-4-15-12-16(25)8-9-20(15,22)2/h8-9,12,17-19H,4-7,10-11,13H2,1-3H3/t17-,18-,19?,20-,21+,22+/m0/s1. The van der Waals surface area contributed by atoms with Gasteiger partial charge in [0.1, 0.15) is 5.67 Å². The molecule has 3 fully saturated rings. The van der Waals surface area contributed by atoms with Crippen LogP contribution in [0, 0.1) is 22.7 Å². The number of allylic oxidation sites excluding steroid dienone is 4. The van der Waals surface area contributed by atoms with Crippen LogP contribution in [0.2, 0.25) is 0 Å². The molecule has 0 heterocycles. The number of rotatable bonds is 4. The third kappa shape index (κ3) is 3.18. The summed E-state index contributed by atoms with van der Waals surface area (Å²) in [6.07, 6.45) is 8.01. The number of carbonyl (C=O) groups is 2. The zero-order chi connectivity index (χ0) is 21.9. The second kappa shape index (κ2) is 6.99. The van der Waals surface area contributed by atoms with E-state index in [9.17, 15) is 18.0 Å². The summed E-state index contributed by atoms with van der Waals surface area (Å²) in [7, 11) is -3.71. The van der Waals surface area contributed by atoms with Gasteiger partial charge in [-0.3, -0.25) is 13.8 Å². The van der Waals surface area contributed by atoms with Crippen LogP contribution in [-0.2, 0) is 28.6 Å². The Bertz CT molecular complexity index is 939. The van der Waals surface area contributed by atoms with Crippen molar-refractivity contribution in [2.75, 3.05) is 12.9 Å². The lowest BCUT2D eigenvalue weighted by Crippen LogP contribution is -2.62. The fourth-order valence-electron chi connectivity index (χ4n) is 6.72. The Kier molecular flexibility index (Phi) is 5.05. The van der Waals surface area contributed by atoms with Gasteiger partial charge in [-0.25, -0.2) is 4.39 Å². The predicted molar refractivity (Wildman–Crippen MR) is 108 cm³/mol. The zero-order valence-corrected chi connectivity index (χ0v) is 18.5. The highest BCUT2D eigenvalue weighted by Crippen LogP contribution is 2.68. The summed E-state index contributed by atoms with van der Waals surface area (Å²) < 4.78 is 51.5. The van der Waals surface area contributed by atoms with Gasteiger partial charge in [-0.2, -0.15) is 8.42 Å². The molecule has 0 amide bonds. The Morgan fingerprint density at radius 1 is 1.23 bits per heavy atom. The number of esters is 1. The molecule has 3 saturated carbocycles. The lowest BCUT2D eigenvalue weighted by molar-refractivity contribution is -0.169. The molecule has 6 nitrogen and oxygen atoms in total. The van der Waals surface area contributed by atoms with Crippen molar-refractivity contribution >= 4 is 21.9 Å². The molecule has 166 valence electrons. The average Bonchev–Trinajstić information content (AvgIpc) is 2.98. The number of fused-ring (bicyclic) bond motifs is 5. The topological polar surface area (TPSA) is 86.7 Å². The van der Waals surface area contributed by atoms with E-state index in [1.54, 1.807) is 12.2 Å². The van der Waals surface area contributed by atoms with Crippen molar-refractivity contribution in [3.8, 4) is 0 Å². The summed E-state index contributed by atoms with van der Waals surface area (Å²) in [4.78, 5) is 23.5. The number of ketones is 1. The molecule has 0 saturated heterocycles. The highest BCUT2D eigenvalue weighted by molar-refractivity contribution is 7.86. The molecule has 0 N–H and O–H groups in total. The van der Waals surface area contributed by atoms with E-state index in [1.165, 1.54) is 13.0 Å².